The minimum Gasteiger partial charge on any atom is -0.477 e. The van der Waals surface area contributed by atoms with Crippen LogP contribution in [0.5, 0.6) is 0 Å². The summed E-state index contributed by atoms with van der Waals surface area (Å²) in [5.41, 5.74) is 0. The van der Waals surface area contributed by atoms with Crippen molar-refractivity contribution in [1.29, 1.82) is 0 Å². The Bertz CT molecular complexity index is 1400. The molecule has 0 fully saturated rings. The number of quaternary nitrogens is 1. The van der Waals surface area contributed by atoms with E-state index < -0.39 is 24.3 Å². The molecule has 0 bridgehead atoms. The fourth-order valence-electron chi connectivity index (χ4n) is 7.39. The largest absolute Gasteiger partial charge is 0.477 e. The zero-order valence-corrected chi connectivity index (χ0v) is 44.9. The molecule has 0 heterocycles. The van der Waals surface area contributed by atoms with Gasteiger partial charge in [0.25, 0.3) is 6.29 Å². The third kappa shape index (κ3) is 52.1. The molecule has 0 spiro atoms. The minimum absolute atomic E-state index is 0.136. The van der Waals surface area contributed by atoms with Gasteiger partial charge in [0, 0.05) is 12.8 Å². The molecule has 0 radical (unpaired) electrons. The Morgan fingerprint density at radius 1 is 0.449 bits per heavy atom. The van der Waals surface area contributed by atoms with Gasteiger partial charge in [0.15, 0.2) is 6.10 Å². The van der Waals surface area contributed by atoms with Crippen LogP contribution in [0.25, 0.3) is 0 Å². The molecule has 0 aliphatic heterocycles. The van der Waals surface area contributed by atoms with Crippen molar-refractivity contribution < 1.29 is 42.9 Å². The Hall–Kier alpha value is -3.53. The molecule has 0 aliphatic carbocycles. The number of carbonyl (C=O) groups excluding carboxylic acids is 2. The standard InChI is InChI=1S/C60H103NO8/c1-6-8-10-12-14-16-18-20-21-22-23-24-25-26-27-28-29-30-31-32-33-34-35-36-37-39-40-42-44-46-48-50-57(62)67-54-56(55-68-60(59(64)65)66-53-52-61(3,4)5)69-58(63)51-49-47-45-43-41-38-19-17-15-13-11-9-7-2/h9,11,15,17-18,20,22-23,25-26,38,41,45,47,56,60H,6-8,10,12-14,16,19,21,24,27-37,39-40,42-44,46,48-55H2,1-5H3/p+1/b11-9-,17-15-,20-18-,23-22-,26-25-,41-38-,47-45-. The highest BCUT2D eigenvalue weighted by Crippen LogP contribution is 2.15. The molecule has 2 unspecified atom stereocenters. The number of carboxylic acids is 1. The maximum absolute atomic E-state index is 12.7. The molecule has 0 aromatic heterocycles. The summed E-state index contributed by atoms with van der Waals surface area (Å²) in [6, 6.07) is 0. The summed E-state index contributed by atoms with van der Waals surface area (Å²) >= 11 is 0. The second-order valence-corrected chi connectivity index (χ2v) is 19.5. The molecule has 0 aliphatic rings. The van der Waals surface area contributed by atoms with Gasteiger partial charge in [-0.15, -0.1) is 0 Å². The molecular weight excluding hydrogens is 863 g/mol. The lowest BCUT2D eigenvalue weighted by atomic mass is 10.0. The van der Waals surface area contributed by atoms with Gasteiger partial charge in [-0.25, -0.2) is 4.79 Å². The van der Waals surface area contributed by atoms with Crippen molar-refractivity contribution >= 4 is 17.9 Å². The number of esters is 2. The summed E-state index contributed by atoms with van der Waals surface area (Å²) in [5.74, 6) is -2.12. The molecule has 0 aromatic rings. The summed E-state index contributed by atoms with van der Waals surface area (Å²) in [6.07, 6.45) is 64.1. The van der Waals surface area contributed by atoms with E-state index in [1.54, 1.807) is 0 Å². The van der Waals surface area contributed by atoms with Gasteiger partial charge in [0.1, 0.15) is 13.2 Å². The molecule has 69 heavy (non-hydrogen) atoms. The molecule has 0 saturated carbocycles. The van der Waals surface area contributed by atoms with Crippen LogP contribution in [0.4, 0.5) is 0 Å². The fraction of sp³-hybridized carbons (Fsp3) is 0.717. The molecule has 9 nitrogen and oxygen atoms in total. The number of allylic oxidation sites excluding steroid dienone is 14. The summed E-state index contributed by atoms with van der Waals surface area (Å²) in [4.78, 5) is 37.2. The van der Waals surface area contributed by atoms with Crippen LogP contribution in [0, 0.1) is 0 Å². The highest BCUT2D eigenvalue weighted by atomic mass is 16.7. The van der Waals surface area contributed by atoms with Crippen molar-refractivity contribution in [2.75, 3.05) is 47.5 Å². The van der Waals surface area contributed by atoms with Crippen molar-refractivity contribution in [2.45, 2.75) is 232 Å². The monoisotopic (exact) mass is 967 g/mol. The second-order valence-electron chi connectivity index (χ2n) is 19.5. The molecule has 396 valence electrons. The Kier molecular flexibility index (Phi) is 48.2. The number of ether oxygens (including phenoxy) is 4. The van der Waals surface area contributed by atoms with Crippen molar-refractivity contribution in [3.8, 4) is 0 Å². The lowest BCUT2D eigenvalue weighted by Gasteiger charge is -2.25. The first-order valence-electron chi connectivity index (χ1n) is 27.8. The zero-order valence-electron chi connectivity index (χ0n) is 44.9. The van der Waals surface area contributed by atoms with Crippen LogP contribution < -0.4 is 0 Å². The SMILES string of the molecule is CC/C=C\C/C=C\C/C=C\C/C=C\CCC(=O)OC(COC(=O)CCCCCCCCCCCCCCCCCC/C=C\C/C=C\C/C=C\CCCCCCC)COC(OCC[N+](C)(C)C)C(=O)O. The third-order valence-corrected chi connectivity index (χ3v) is 11.6. The van der Waals surface area contributed by atoms with Crippen molar-refractivity contribution in [2.24, 2.45) is 0 Å². The molecule has 0 rings (SSSR count). The van der Waals surface area contributed by atoms with Gasteiger partial charge in [-0.1, -0.05) is 214 Å². The maximum atomic E-state index is 12.7. The smallest absolute Gasteiger partial charge is 0.361 e. The van der Waals surface area contributed by atoms with Crippen molar-refractivity contribution in [1.82, 2.24) is 0 Å². The van der Waals surface area contributed by atoms with Crippen molar-refractivity contribution in [3.05, 3.63) is 85.1 Å². The Balaban J connectivity index is 4.16. The highest BCUT2D eigenvalue weighted by Gasteiger charge is 2.25. The van der Waals surface area contributed by atoms with E-state index in [4.69, 9.17) is 18.9 Å². The third-order valence-electron chi connectivity index (χ3n) is 11.6. The minimum atomic E-state index is -1.53. The van der Waals surface area contributed by atoms with Crippen LogP contribution in [-0.2, 0) is 33.3 Å². The average molecular weight is 967 g/mol. The number of nitrogens with zero attached hydrogens (tertiary/aromatic N) is 1. The summed E-state index contributed by atoms with van der Waals surface area (Å²) < 4.78 is 22.7. The quantitative estimate of drug-likeness (QED) is 0.0211. The van der Waals surface area contributed by atoms with E-state index >= 15 is 0 Å². The van der Waals surface area contributed by atoms with Gasteiger partial charge >= 0.3 is 17.9 Å². The first kappa shape index (κ1) is 65.5. The van der Waals surface area contributed by atoms with E-state index in [1.807, 2.05) is 33.3 Å². The highest BCUT2D eigenvalue weighted by molar-refractivity contribution is 5.71. The number of rotatable bonds is 50. The molecule has 2 atom stereocenters. The number of carboxylic acid groups (broad SMARTS) is 1. The Morgan fingerprint density at radius 3 is 1.29 bits per heavy atom. The summed E-state index contributed by atoms with van der Waals surface area (Å²) in [7, 11) is 5.93. The zero-order chi connectivity index (χ0) is 50.6. The molecule has 0 saturated heterocycles. The fourth-order valence-corrected chi connectivity index (χ4v) is 7.39. The number of hydrogen-bond acceptors (Lipinski definition) is 7. The first-order valence-corrected chi connectivity index (χ1v) is 27.8. The number of unbranched alkanes of at least 4 members (excludes halogenated alkanes) is 21. The lowest BCUT2D eigenvalue weighted by Crippen LogP contribution is -2.40. The number of carbonyl (C=O) groups is 3. The van der Waals surface area contributed by atoms with Gasteiger partial charge in [0.05, 0.1) is 34.4 Å². The molecule has 0 aromatic carbocycles. The van der Waals surface area contributed by atoms with E-state index in [9.17, 15) is 19.5 Å². The average Bonchev–Trinajstić information content (AvgIpc) is 3.31. The number of likely N-dealkylation sites (N-methyl/N-ethyl adjacent to an activating group) is 1. The van der Waals surface area contributed by atoms with E-state index in [0.717, 1.165) is 57.8 Å². The van der Waals surface area contributed by atoms with Crippen LogP contribution in [-0.4, -0.2) is 87.4 Å². The predicted octanol–water partition coefficient (Wildman–Crippen LogP) is 16.0. The number of aliphatic carboxylic acids is 1. The van der Waals surface area contributed by atoms with Crippen LogP contribution in [0.15, 0.2) is 85.1 Å². The van der Waals surface area contributed by atoms with Gasteiger partial charge < -0.3 is 28.5 Å². The van der Waals surface area contributed by atoms with Crippen LogP contribution in [0.3, 0.4) is 0 Å². The van der Waals surface area contributed by atoms with Gasteiger partial charge in [-0.3, -0.25) is 9.59 Å². The topological polar surface area (TPSA) is 108 Å². The lowest BCUT2D eigenvalue weighted by molar-refractivity contribution is -0.870. The van der Waals surface area contributed by atoms with Crippen LogP contribution in [0.2, 0.25) is 0 Å². The molecular formula is C60H104NO8+. The maximum Gasteiger partial charge on any atom is 0.361 e. The number of hydrogen-bond donors (Lipinski definition) is 1. The Labute approximate surface area is 423 Å². The molecule has 9 heteroatoms. The normalized spacial score (nSPS) is 13.5. The summed E-state index contributed by atoms with van der Waals surface area (Å²) in [5, 5.41) is 9.66. The Morgan fingerprint density at radius 2 is 0.855 bits per heavy atom. The van der Waals surface area contributed by atoms with E-state index in [0.29, 0.717) is 17.4 Å². The summed E-state index contributed by atoms with van der Waals surface area (Å²) in [6.45, 7) is 4.66. The van der Waals surface area contributed by atoms with Gasteiger partial charge in [0.2, 0.25) is 0 Å². The molecule has 0 amide bonds. The van der Waals surface area contributed by atoms with Crippen molar-refractivity contribution in [3.63, 3.8) is 0 Å². The predicted molar refractivity (Wildman–Crippen MR) is 290 cm³/mol. The van der Waals surface area contributed by atoms with Gasteiger partial charge in [-0.2, -0.15) is 0 Å². The van der Waals surface area contributed by atoms with E-state index in [1.165, 1.54) is 128 Å². The van der Waals surface area contributed by atoms with E-state index in [-0.39, 0.29) is 38.6 Å². The van der Waals surface area contributed by atoms with Gasteiger partial charge in [-0.05, 0) is 77.0 Å². The first-order chi connectivity index (χ1) is 33.6. The molecule has 1 N–H and O–H groups in total. The van der Waals surface area contributed by atoms with Crippen LogP contribution in [0.1, 0.15) is 219 Å². The van der Waals surface area contributed by atoms with E-state index in [2.05, 4.69) is 86.8 Å². The van der Waals surface area contributed by atoms with Crippen LogP contribution >= 0.6 is 0 Å². The second kappa shape index (κ2) is 50.8.